The van der Waals surface area contributed by atoms with Gasteiger partial charge in [0.05, 0.1) is 6.07 Å². The Morgan fingerprint density at radius 2 is 1.69 bits per heavy atom. The maximum absolute atomic E-state index is 9.33. The molecule has 1 aromatic rings. The number of phenolic OH excluding ortho intramolecular Hbond substituents is 1. The van der Waals surface area contributed by atoms with Crippen molar-refractivity contribution in [1.82, 2.24) is 0 Å². The van der Waals surface area contributed by atoms with Crippen LogP contribution in [0.3, 0.4) is 0 Å². The van der Waals surface area contributed by atoms with Crippen LogP contribution >= 0.6 is 0 Å². The van der Waals surface area contributed by atoms with Gasteiger partial charge >= 0.3 is 0 Å². The lowest BCUT2D eigenvalue weighted by Gasteiger charge is -2.11. The standard InChI is InChI=1S/C9H9NO3/c10-5-8(12)9(13)6-1-3-7(11)4-2-6/h1-4,8-9,11-13H. The predicted octanol–water partition coefficient (Wildman–Crippen LogP) is 0.310. The van der Waals surface area contributed by atoms with Gasteiger partial charge in [-0.25, -0.2) is 0 Å². The first-order valence-electron chi connectivity index (χ1n) is 3.70. The Kier molecular flexibility index (Phi) is 2.85. The zero-order chi connectivity index (χ0) is 9.84. The van der Waals surface area contributed by atoms with Crippen LogP contribution in [0, 0.1) is 11.3 Å². The Balaban J connectivity index is 2.84. The summed E-state index contributed by atoms with van der Waals surface area (Å²) in [4.78, 5) is 0. The van der Waals surface area contributed by atoms with Crippen molar-refractivity contribution < 1.29 is 15.3 Å². The second kappa shape index (κ2) is 3.90. The Morgan fingerprint density at radius 3 is 2.15 bits per heavy atom. The normalized spacial score (nSPS) is 14.5. The molecular weight excluding hydrogens is 170 g/mol. The highest BCUT2D eigenvalue weighted by atomic mass is 16.3. The minimum Gasteiger partial charge on any atom is -0.508 e. The number of phenols is 1. The van der Waals surface area contributed by atoms with E-state index in [1.807, 2.05) is 0 Å². The van der Waals surface area contributed by atoms with Crippen molar-refractivity contribution >= 4 is 0 Å². The highest BCUT2D eigenvalue weighted by Gasteiger charge is 2.16. The third-order valence-electron chi connectivity index (χ3n) is 1.67. The molecule has 2 unspecified atom stereocenters. The van der Waals surface area contributed by atoms with Gasteiger partial charge < -0.3 is 15.3 Å². The quantitative estimate of drug-likeness (QED) is 0.570. The smallest absolute Gasteiger partial charge is 0.170 e. The van der Waals surface area contributed by atoms with Crippen molar-refractivity contribution in [2.75, 3.05) is 0 Å². The average molecular weight is 179 g/mol. The summed E-state index contributed by atoms with van der Waals surface area (Å²) < 4.78 is 0. The molecule has 3 N–H and O–H groups in total. The first-order valence-corrected chi connectivity index (χ1v) is 3.70. The highest BCUT2D eigenvalue weighted by Crippen LogP contribution is 2.19. The second-order valence-electron chi connectivity index (χ2n) is 2.61. The molecule has 4 heteroatoms. The highest BCUT2D eigenvalue weighted by molar-refractivity contribution is 5.28. The number of nitriles is 1. The van der Waals surface area contributed by atoms with Crippen molar-refractivity contribution in [3.05, 3.63) is 29.8 Å². The molecule has 0 heterocycles. The SMILES string of the molecule is N#CC(O)C(O)c1ccc(O)cc1. The summed E-state index contributed by atoms with van der Waals surface area (Å²) in [5, 5.41) is 35.5. The van der Waals surface area contributed by atoms with Gasteiger partial charge in [0, 0.05) is 0 Å². The lowest BCUT2D eigenvalue weighted by Crippen LogP contribution is -2.15. The van der Waals surface area contributed by atoms with Gasteiger partial charge in [0.15, 0.2) is 6.10 Å². The minimum atomic E-state index is -1.44. The van der Waals surface area contributed by atoms with Gasteiger partial charge in [-0.3, -0.25) is 0 Å². The molecule has 0 aliphatic rings. The molecule has 0 saturated carbocycles. The van der Waals surface area contributed by atoms with Gasteiger partial charge in [-0.1, -0.05) is 12.1 Å². The van der Waals surface area contributed by atoms with Gasteiger partial charge in [-0.05, 0) is 17.7 Å². The fourth-order valence-corrected chi connectivity index (χ4v) is 0.924. The van der Waals surface area contributed by atoms with E-state index >= 15 is 0 Å². The zero-order valence-corrected chi connectivity index (χ0v) is 6.75. The first kappa shape index (κ1) is 9.52. The molecule has 0 aliphatic heterocycles. The number of nitrogens with zero attached hydrogens (tertiary/aromatic N) is 1. The van der Waals surface area contributed by atoms with Crippen molar-refractivity contribution in [1.29, 1.82) is 5.26 Å². The number of aliphatic hydroxyl groups is 2. The fourth-order valence-electron chi connectivity index (χ4n) is 0.924. The van der Waals surface area contributed by atoms with Crippen LogP contribution < -0.4 is 0 Å². The molecule has 0 aromatic heterocycles. The van der Waals surface area contributed by atoms with E-state index in [4.69, 9.17) is 15.5 Å². The summed E-state index contributed by atoms with van der Waals surface area (Å²) in [6.45, 7) is 0. The van der Waals surface area contributed by atoms with Gasteiger partial charge in [0.25, 0.3) is 0 Å². The Labute approximate surface area is 75.3 Å². The lowest BCUT2D eigenvalue weighted by molar-refractivity contribution is 0.0527. The number of benzene rings is 1. The summed E-state index contributed by atoms with van der Waals surface area (Å²) in [6.07, 6.45) is -2.67. The van der Waals surface area contributed by atoms with E-state index in [2.05, 4.69) is 0 Å². The van der Waals surface area contributed by atoms with Crippen molar-refractivity contribution in [2.24, 2.45) is 0 Å². The second-order valence-corrected chi connectivity index (χ2v) is 2.61. The predicted molar refractivity (Wildman–Crippen MR) is 44.7 cm³/mol. The molecule has 0 spiro atoms. The molecule has 1 aromatic carbocycles. The van der Waals surface area contributed by atoms with Crippen molar-refractivity contribution in [3.63, 3.8) is 0 Å². The van der Waals surface area contributed by atoms with Crippen LogP contribution in [-0.4, -0.2) is 21.4 Å². The average Bonchev–Trinajstić information content (AvgIpc) is 2.17. The third-order valence-corrected chi connectivity index (χ3v) is 1.67. The number of aliphatic hydroxyl groups excluding tert-OH is 2. The van der Waals surface area contributed by atoms with Crippen LogP contribution in [0.1, 0.15) is 11.7 Å². The molecule has 4 nitrogen and oxygen atoms in total. The Morgan fingerprint density at radius 1 is 1.15 bits per heavy atom. The van der Waals surface area contributed by atoms with Crippen molar-refractivity contribution in [2.45, 2.75) is 12.2 Å². The van der Waals surface area contributed by atoms with Crippen LogP contribution in [-0.2, 0) is 0 Å². The molecule has 1 rings (SSSR count). The van der Waals surface area contributed by atoms with Crippen LogP contribution in [0.25, 0.3) is 0 Å². The van der Waals surface area contributed by atoms with Gasteiger partial charge in [0.2, 0.25) is 0 Å². The molecule has 0 saturated heterocycles. The summed E-state index contributed by atoms with van der Waals surface area (Å²) in [7, 11) is 0. The van der Waals surface area contributed by atoms with E-state index in [1.54, 1.807) is 0 Å². The van der Waals surface area contributed by atoms with E-state index in [1.165, 1.54) is 30.3 Å². The maximum Gasteiger partial charge on any atom is 0.170 e. The minimum absolute atomic E-state index is 0.0717. The lowest BCUT2D eigenvalue weighted by atomic mass is 10.1. The Bertz CT molecular complexity index is 315. The number of rotatable bonds is 2. The maximum atomic E-state index is 9.33. The summed E-state index contributed by atoms with van der Waals surface area (Å²) in [6, 6.07) is 7.17. The number of hydrogen-bond acceptors (Lipinski definition) is 4. The van der Waals surface area contributed by atoms with Crippen LogP contribution in [0.4, 0.5) is 0 Å². The molecule has 68 valence electrons. The molecule has 0 amide bonds. The summed E-state index contributed by atoms with van der Waals surface area (Å²) in [5.74, 6) is 0.0717. The first-order chi connectivity index (χ1) is 6.15. The molecule has 13 heavy (non-hydrogen) atoms. The largest absolute Gasteiger partial charge is 0.508 e. The fraction of sp³-hybridized carbons (Fsp3) is 0.222. The van der Waals surface area contributed by atoms with Crippen LogP contribution in [0.15, 0.2) is 24.3 Å². The monoisotopic (exact) mass is 179 g/mol. The zero-order valence-electron chi connectivity index (χ0n) is 6.75. The van der Waals surface area contributed by atoms with E-state index < -0.39 is 12.2 Å². The van der Waals surface area contributed by atoms with E-state index in [-0.39, 0.29) is 5.75 Å². The van der Waals surface area contributed by atoms with E-state index in [0.717, 1.165) is 0 Å². The molecule has 2 atom stereocenters. The van der Waals surface area contributed by atoms with E-state index in [9.17, 15) is 5.11 Å². The molecule has 0 radical (unpaired) electrons. The number of hydrogen-bond donors (Lipinski definition) is 3. The van der Waals surface area contributed by atoms with Gasteiger partial charge in [0.1, 0.15) is 11.9 Å². The molecule has 0 bridgehead atoms. The molecule has 0 aliphatic carbocycles. The summed E-state index contributed by atoms with van der Waals surface area (Å²) >= 11 is 0. The number of aromatic hydroxyl groups is 1. The van der Waals surface area contributed by atoms with E-state index in [0.29, 0.717) is 5.56 Å². The van der Waals surface area contributed by atoms with Crippen molar-refractivity contribution in [3.8, 4) is 11.8 Å². The van der Waals surface area contributed by atoms with Crippen LogP contribution in [0.2, 0.25) is 0 Å². The topological polar surface area (TPSA) is 84.5 Å². The Hall–Kier alpha value is -1.57. The molecule has 0 fully saturated rings. The van der Waals surface area contributed by atoms with Crippen LogP contribution in [0.5, 0.6) is 5.75 Å². The van der Waals surface area contributed by atoms with Gasteiger partial charge in [-0.15, -0.1) is 0 Å². The van der Waals surface area contributed by atoms with Gasteiger partial charge in [-0.2, -0.15) is 5.26 Å². The molecular formula is C9H9NO3. The summed E-state index contributed by atoms with van der Waals surface area (Å²) in [5.41, 5.74) is 0.395. The third kappa shape index (κ3) is 2.18.